The number of hydrogen-bond donors (Lipinski definition) is 0. The summed E-state index contributed by atoms with van der Waals surface area (Å²) in [6.45, 7) is 0.527. The van der Waals surface area contributed by atoms with Crippen molar-refractivity contribution in [2.75, 3.05) is 6.54 Å². The molecule has 4 aromatic rings. The van der Waals surface area contributed by atoms with E-state index in [2.05, 4.69) is 9.97 Å². The smallest absolute Gasteiger partial charge is 0.263 e. The van der Waals surface area contributed by atoms with Crippen molar-refractivity contribution < 1.29 is 4.79 Å². The van der Waals surface area contributed by atoms with Gasteiger partial charge in [-0.2, -0.15) is 0 Å². The van der Waals surface area contributed by atoms with Crippen molar-refractivity contribution in [3.63, 3.8) is 0 Å². The lowest BCUT2D eigenvalue weighted by molar-refractivity contribution is -0.132. The molecule has 1 aliphatic rings. The zero-order chi connectivity index (χ0) is 20.0. The largest absolute Gasteiger partial charge is 0.336 e. The van der Waals surface area contributed by atoms with Crippen LogP contribution in [-0.2, 0) is 24.3 Å². The molecule has 0 aliphatic carbocycles. The number of hydrogen-bond acceptors (Lipinski definition) is 5. The fourth-order valence-corrected chi connectivity index (χ4v) is 3.73. The minimum absolute atomic E-state index is 0.117. The number of benzene rings is 1. The van der Waals surface area contributed by atoms with Crippen molar-refractivity contribution in [1.29, 1.82) is 0 Å². The van der Waals surface area contributed by atoms with Crippen LogP contribution < -0.4 is 11.1 Å². The minimum atomic E-state index is -0.255. The average Bonchev–Trinajstić information content (AvgIpc) is 2.76. The van der Waals surface area contributed by atoms with Crippen LogP contribution in [-0.4, -0.2) is 36.3 Å². The lowest BCUT2D eigenvalue weighted by Crippen LogP contribution is -2.42. The third-order valence-electron chi connectivity index (χ3n) is 5.27. The van der Waals surface area contributed by atoms with E-state index in [1.54, 1.807) is 41.4 Å². The molecule has 1 aromatic carbocycles. The highest BCUT2D eigenvalue weighted by Crippen LogP contribution is 2.15. The average molecular weight is 387 g/mol. The normalized spacial score (nSPS) is 13.6. The van der Waals surface area contributed by atoms with E-state index in [0.29, 0.717) is 35.1 Å². The van der Waals surface area contributed by atoms with Crippen LogP contribution in [0.15, 0.2) is 64.6 Å². The summed E-state index contributed by atoms with van der Waals surface area (Å²) in [6, 6.07) is 12.4. The fraction of sp³-hybridized carbons (Fsp3) is 0.190. The molecule has 5 rings (SSSR count). The van der Waals surface area contributed by atoms with Crippen molar-refractivity contribution in [2.45, 2.75) is 19.5 Å². The Balaban J connectivity index is 1.44. The molecule has 1 aliphatic heterocycles. The molecule has 4 heterocycles. The van der Waals surface area contributed by atoms with Crippen molar-refractivity contribution >= 4 is 22.5 Å². The first-order valence-electron chi connectivity index (χ1n) is 9.33. The molecule has 0 saturated carbocycles. The molecule has 0 unspecified atom stereocenters. The number of carbonyl (C=O) groups is 1. The number of amides is 1. The quantitative estimate of drug-likeness (QED) is 0.512. The predicted molar refractivity (Wildman–Crippen MR) is 107 cm³/mol. The molecular formula is C21H17N5O3. The molecule has 0 radical (unpaired) electrons. The Morgan fingerprint density at radius 1 is 1.03 bits per heavy atom. The van der Waals surface area contributed by atoms with Gasteiger partial charge in [-0.25, -0.2) is 9.97 Å². The maximum Gasteiger partial charge on any atom is 0.263 e. The van der Waals surface area contributed by atoms with Crippen LogP contribution in [0.4, 0.5) is 0 Å². The number of aromatic nitrogens is 4. The predicted octanol–water partition coefficient (Wildman–Crippen LogP) is 0.989. The van der Waals surface area contributed by atoms with Gasteiger partial charge in [0.15, 0.2) is 0 Å². The van der Waals surface area contributed by atoms with Crippen molar-refractivity contribution in [3.05, 3.63) is 87.0 Å². The van der Waals surface area contributed by atoms with Crippen molar-refractivity contribution in [2.24, 2.45) is 0 Å². The minimum Gasteiger partial charge on any atom is -0.336 e. The van der Waals surface area contributed by atoms with Crippen LogP contribution >= 0.6 is 0 Å². The van der Waals surface area contributed by atoms with Crippen LogP contribution in [0.2, 0.25) is 0 Å². The van der Waals surface area contributed by atoms with E-state index < -0.39 is 0 Å². The molecule has 0 atom stereocenters. The zero-order valence-corrected chi connectivity index (χ0v) is 15.5. The summed E-state index contributed by atoms with van der Waals surface area (Å²) in [4.78, 5) is 48.7. The number of fused-ring (bicyclic) bond motifs is 3. The maximum atomic E-state index is 12.8. The number of carbonyl (C=O) groups excluding carboxylic acids is 1. The van der Waals surface area contributed by atoms with Gasteiger partial charge in [0.1, 0.15) is 12.2 Å². The number of nitrogens with zero attached hydrogens (tertiary/aromatic N) is 5. The molecule has 0 N–H and O–H groups in total. The fourth-order valence-electron chi connectivity index (χ4n) is 3.73. The Kier molecular flexibility index (Phi) is 3.97. The van der Waals surface area contributed by atoms with Crippen LogP contribution in [0.25, 0.3) is 16.6 Å². The zero-order valence-electron chi connectivity index (χ0n) is 15.5. The van der Waals surface area contributed by atoms with E-state index in [1.807, 2.05) is 12.1 Å². The molecule has 0 fully saturated rings. The van der Waals surface area contributed by atoms with Crippen LogP contribution in [0.1, 0.15) is 11.3 Å². The SMILES string of the molecule is O=C(Cn1cnc2ccccc2c1=O)N1CCc2nc3ccccn3c(=O)c2C1. The van der Waals surface area contributed by atoms with E-state index in [-0.39, 0.29) is 30.1 Å². The van der Waals surface area contributed by atoms with Gasteiger partial charge in [-0.1, -0.05) is 18.2 Å². The molecule has 8 nitrogen and oxygen atoms in total. The summed E-state index contributed by atoms with van der Waals surface area (Å²) in [5.74, 6) is -0.229. The van der Waals surface area contributed by atoms with Crippen molar-refractivity contribution in [3.8, 4) is 0 Å². The summed E-state index contributed by atoms with van der Waals surface area (Å²) in [7, 11) is 0. The second kappa shape index (κ2) is 6.66. The summed E-state index contributed by atoms with van der Waals surface area (Å²) in [6.07, 6.45) is 3.57. The first kappa shape index (κ1) is 17.3. The molecule has 3 aromatic heterocycles. The van der Waals surface area contributed by atoms with Gasteiger partial charge < -0.3 is 4.90 Å². The highest BCUT2D eigenvalue weighted by Gasteiger charge is 2.25. The van der Waals surface area contributed by atoms with E-state index in [0.717, 1.165) is 5.69 Å². The molecule has 0 saturated heterocycles. The third kappa shape index (κ3) is 2.89. The summed E-state index contributed by atoms with van der Waals surface area (Å²) in [5.41, 5.74) is 2.04. The first-order chi connectivity index (χ1) is 14.1. The van der Waals surface area contributed by atoms with Crippen molar-refractivity contribution in [1.82, 2.24) is 23.8 Å². The maximum absolute atomic E-state index is 12.8. The highest BCUT2D eigenvalue weighted by molar-refractivity contribution is 5.79. The topological polar surface area (TPSA) is 89.6 Å². The second-order valence-corrected chi connectivity index (χ2v) is 7.03. The highest BCUT2D eigenvalue weighted by atomic mass is 16.2. The first-order valence-corrected chi connectivity index (χ1v) is 9.33. The van der Waals surface area contributed by atoms with Crippen LogP contribution in [0.3, 0.4) is 0 Å². The second-order valence-electron chi connectivity index (χ2n) is 7.03. The number of pyridine rings is 1. The monoisotopic (exact) mass is 387 g/mol. The van der Waals surface area contributed by atoms with Gasteiger partial charge >= 0.3 is 0 Å². The van der Waals surface area contributed by atoms with Crippen LogP contribution in [0.5, 0.6) is 0 Å². The van der Waals surface area contributed by atoms with Gasteiger partial charge in [0, 0.05) is 19.2 Å². The van der Waals surface area contributed by atoms with Gasteiger partial charge in [-0.3, -0.25) is 23.4 Å². The molecule has 0 bridgehead atoms. The number of rotatable bonds is 2. The van der Waals surface area contributed by atoms with Gasteiger partial charge in [0.25, 0.3) is 11.1 Å². The Morgan fingerprint density at radius 2 is 1.86 bits per heavy atom. The van der Waals surface area contributed by atoms with Gasteiger partial charge in [-0.05, 0) is 24.3 Å². The van der Waals surface area contributed by atoms with Gasteiger partial charge in [0.2, 0.25) is 5.91 Å². The summed E-state index contributed by atoms with van der Waals surface area (Å²) in [5, 5.41) is 0.473. The Bertz CT molecular complexity index is 1390. The van der Waals surface area contributed by atoms with Gasteiger partial charge in [0.05, 0.1) is 35.0 Å². The van der Waals surface area contributed by atoms with E-state index in [1.165, 1.54) is 15.3 Å². The van der Waals surface area contributed by atoms with Gasteiger partial charge in [-0.15, -0.1) is 0 Å². The lowest BCUT2D eigenvalue weighted by Gasteiger charge is -2.28. The molecule has 29 heavy (non-hydrogen) atoms. The lowest BCUT2D eigenvalue weighted by atomic mass is 10.1. The standard InChI is InChI=1S/C21H17N5O3/c27-19(12-25-13-22-16-6-2-1-5-14(16)20(25)28)24-10-8-17-15(11-24)21(29)26-9-4-3-7-18(26)23-17/h1-7,9,13H,8,10-12H2. The molecular weight excluding hydrogens is 370 g/mol. The third-order valence-corrected chi connectivity index (χ3v) is 5.27. The Hall–Kier alpha value is -3.81. The van der Waals surface area contributed by atoms with E-state index in [4.69, 9.17) is 0 Å². The van der Waals surface area contributed by atoms with E-state index >= 15 is 0 Å². The Morgan fingerprint density at radius 3 is 2.76 bits per heavy atom. The molecule has 8 heteroatoms. The number of para-hydroxylation sites is 1. The summed E-state index contributed by atoms with van der Waals surface area (Å²) >= 11 is 0. The molecule has 0 spiro atoms. The van der Waals surface area contributed by atoms with E-state index in [9.17, 15) is 14.4 Å². The summed E-state index contributed by atoms with van der Waals surface area (Å²) < 4.78 is 2.80. The van der Waals surface area contributed by atoms with Crippen LogP contribution in [0, 0.1) is 0 Å². The molecule has 144 valence electrons. The Labute approximate surface area is 164 Å². The molecule has 1 amide bonds.